The zero-order valence-electron chi connectivity index (χ0n) is 43.5. The molecule has 0 N–H and O–H groups in total. The summed E-state index contributed by atoms with van der Waals surface area (Å²) in [5, 5.41) is 2.12. The van der Waals surface area contributed by atoms with E-state index in [0.29, 0.717) is 29.4 Å². The Bertz CT molecular complexity index is 3460. The van der Waals surface area contributed by atoms with Gasteiger partial charge in [-0.15, -0.1) is 0 Å². The molecule has 1 aliphatic rings. The molecule has 0 fully saturated rings. The lowest BCUT2D eigenvalue weighted by molar-refractivity contribution is 0.483. The third kappa shape index (κ3) is 8.26. The lowest BCUT2D eigenvalue weighted by Gasteiger charge is -2.26. The summed E-state index contributed by atoms with van der Waals surface area (Å²) in [6.45, 7) is 20.3. The van der Waals surface area contributed by atoms with Gasteiger partial charge in [0.2, 0.25) is 0 Å². The Labute approximate surface area is 401 Å². The zero-order chi connectivity index (χ0) is 49.5. The molecule has 0 amide bonds. The van der Waals surface area contributed by atoms with E-state index in [1.807, 2.05) is 43.3 Å². The maximum atomic E-state index is 8.66. The number of hydrogen-bond acceptors (Lipinski definition) is 4. The number of rotatable bonds is 7. The van der Waals surface area contributed by atoms with Crippen molar-refractivity contribution in [2.24, 2.45) is 0 Å². The van der Waals surface area contributed by atoms with Gasteiger partial charge in [0.25, 0.3) is 0 Å². The Hall–Kier alpha value is -7.11. The SMILES string of the molecule is [2H]C([2H])([2H])c1cc(C(C)(C)C)cc(C)c1-c1ccnc(-n2c3ccc(-c4ccccc4)cc3c3ccc(Oc4cccc(N5CN(c6cccc(C(C)(C)C)c6)c6cc(C(C)(C)C)ccc65)c4)cc32)c1. The first-order valence-corrected chi connectivity index (χ1v) is 23.5. The van der Waals surface area contributed by atoms with Crippen molar-refractivity contribution in [3.05, 3.63) is 192 Å². The normalized spacial score (nSPS) is 14.0. The van der Waals surface area contributed by atoms with Crippen LogP contribution in [0, 0.1) is 13.8 Å². The van der Waals surface area contributed by atoms with Crippen LogP contribution < -0.4 is 14.5 Å². The van der Waals surface area contributed by atoms with Gasteiger partial charge in [-0.05, 0) is 153 Å². The minimum Gasteiger partial charge on any atom is -0.457 e. The van der Waals surface area contributed by atoms with E-state index in [9.17, 15) is 0 Å². The lowest BCUT2D eigenvalue weighted by atomic mass is 9.83. The molecule has 1 aliphatic heterocycles. The van der Waals surface area contributed by atoms with E-state index in [-0.39, 0.29) is 16.2 Å². The molecule has 0 spiro atoms. The van der Waals surface area contributed by atoms with Crippen molar-refractivity contribution in [1.29, 1.82) is 0 Å². The molecule has 5 nitrogen and oxygen atoms in total. The molecule has 7 aromatic carbocycles. The molecule has 0 radical (unpaired) electrons. The summed E-state index contributed by atoms with van der Waals surface area (Å²) in [6.07, 6.45) is 1.79. The molecule has 3 heterocycles. The van der Waals surface area contributed by atoms with Crippen molar-refractivity contribution in [3.63, 3.8) is 0 Å². The molecule has 9 aromatic rings. The molecule has 10 rings (SSSR count). The Morgan fingerprint density at radius 2 is 1.18 bits per heavy atom. The van der Waals surface area contributed by atoms with Crippen LogP contribution in [-0.4, -0.2) is 16.2 Å². The highest BCUT2D eigenvalue weighted by Crippen LogP contribution is 2.47. The van der Waals surface area contributed by atoms with Crippen LogP contribution >= 0.6 is 0 Å². The maximum Gasteiger partial charge on any atom is 0.138 e. The predicted molar refractivity (Wildman–Crippen MR) is 284 cm³/mol. The molecule has 336 valence electrons. The van der Waals surface area contributed by atoms with Crippen molar-refractivity contribution in [1.82, 2.24) is 9.55 Å². The van der Waals surface area contributed by atoms with E-state index in [1.165, 1.54) is 22.5 Å². The second-order valence-electron chi connectivity index (χ2n) is 21.3. The average molecular weight is 882 g/mol. The number of pyridine rings is 1. The van der Waals surface area contributed by atoms with Gasteiger partial charge in [0, 0.05) is 44.6 Å². The topological polar surface area (TPSA) is 33.5 Å². The number of aromatic nitrogens is 2. The fourth-order valence-electron chi connectivity index (χ4n) is 9.58. The number of ether oxygens (including phenoxy) is 1. The van der Waals surface area contributed by atoms with E-state index in [1.54, 1.807) is 6.20 Å². The van der Waals surface area contributed by atoms with Gasteiger partial charge < -0.3 is 14.5 Å². The largest absolute Gasteiger partial charge is 0.457 e. The highest BCUT2D eigenvalue weighted by Gasteiger charge is 2.31. The first-order chi connectivity index (χ1) is 33.1. The molecular weight excluding hydrogens is 817 g/mol. The van der Waals surface area contributed by atoms with Crippen molar-refractivity contribution >= 4 is 44.6 Å². The summed E-state index contributed by atoms with van der Waals surface area (Å²) in [4.78, 5) is 9.79. The number of hydrogen-bond donors (Lipinski definition) is 0. The quantitative estimate of drug-likeness (QED) is 0.160. The smallest absolute Gasteiger partial charge is 0.138 e. The molecule has 0 unspecified atom stereocenters. The van der Waals surface area contributed by atoms with Gasteiger partial charge in [-0.25, -0.2) is 4.98 Å². The zero-order valence-corrected chi connectivity index (χ0v) is 40.5. The summed E-state index contributed by atoms with van der Waals surface area (Å²) >= 11 is 0. The van der Waals surface area contributed by atoms with Crippen LogP contribution in [0.3, 0.4) is 0 Å². The Balaban J connectivity index is 1.07. The van der Waals surface area contributed by atoms with Crippen LogP contribution in [0.4, 0.5) is 22.7 Å². The summed E-state index contributed by atoms with van der Waals surface area (Å²) in [7, 11) is 0. The molecule has 0 aliphatic carbocycles. The Morgan fingerprint density at radius 1 is 0.493 bits per heavy atom. The van der Waals surface area contributed by atoms with Crippen molar-refractivity contribution in [2.45, 2.75) is 92.3 Å². The number of anilines is 4. The fraction of sp³-hybridized carbons (Fsp3) is 0.242. The fourth-order valence-corrected chi connectivity index (χ4v) is 9.58. The highest BCUT2D eigenvalue weighted by molar-refractivity contribution is 6.11. The van der Waals surface area contributed by atoms with Crippen LogP contribution in [0.1, 0.15) is 94.2 Å². The summed E-state index contributed by atoms with van der Waals surface area (Å²) in [6, 6.07) is 55.4. The van der Waals surface area contributed by atoms with Gasteiger partial charge in [-0.3, -0.25) is 4.57 Å². The number of fused-ring (bicyclic) bond motifs is 4. The average Bonchev–Trinajstić information content (AvgIpc) is 3.86. The number of aryl methyl sites for hydroxylation is 2. The van der Waals surface area contributed by atoms with Gasteiger partial charge in [0.05, 0.1) is 22.4 Å². The second-order valence-corrected chi connectivity index (χ2v) is 21.3. The monoisotopic (exact) mass is 882 g/mol. The molecule has 2 aromatic heterocycles. The number of nitrogens with zero attached hydrogens (tertiary/aromatic N) is 4. The van der Waals surface area contributed by atoms with Crippen LogP contribution in [0.2, 0.25) is 0 Å². The summed E-state index contributed by atoms with van der Waals surface area (Å²) in [5.74, 6) is 2.09. The molecule has 0 saturated heterocycles. The van der Waals surface area contributed by atoms with Crippen LogP contribution in [-0.2, 0) is 16.2 Å². The van der Waals surface area contributed by atoms with Crippen LogP contribution in [0.25, 0.3) is 49.9 Å². The van der Waals surface area contributed by atoms with Crippen molar-refractivity contribution in [2.75, 3.05) is 16.5 Å². The van der Waals surface area contributed by atoms with Gasteiger partial charge >= 0.3 is 0 Å². The molecule has 0 bridgehead atoms. The van der Waals surface area contributed by atoms with Gasteiger partial charge in [-0.1, -0.05) is 135 Å². The Morgan fingerprint density at radius 3 is 1.93 bits per heavy atom. The molecule has 67 heavy (non-hydrogen) atoms. The van der Waals surface area contributed by atoms with E-state index < -0.39 is 6.85 Å². The molecule has 0 atom stereocenters. The van der Waals surface area contributed by atoms with Crippen molar-refractivity contribution in [3.8, 4) is 39.6 Å². The van der Waals surface area contributed by atoms with Crippen molar-refractivity contribution < 1.29 is 8.85 Å². The molecular formula is C62H62N4O. The highest BCUT2D eigenvalue weighted by atomic mass is 16.5. The number of benzene rings is 7. The first kappa shape index (κ1) is 40.2. The van der Waals surface area contributed by atoms with E-state index in [0.717, 1.165) is 66.7 Å². The lowest BCUT2D eigenvalue weighted by Crippen LogP contribution is -2.24. The predicted octanol–water partition coefficient (Wildman–Crippen LogP) is 17.1. The van der Waals surface area contributed by atoms with E-state index >= 15 is 0 Å². The Kier molecular flexibility index (Phi) is 9.80. The van der Waals surface area contributed by atoms with Gasteiger partial charge in [0.15, 0.2) is 0 Å². The third-order valence-corrected chi connectivity index (χ3v) is 13.4. The summed E-state index contributed by atoms with van der Waals surface area (Å²) < 4.78 is 35.0. The second kappa shape index (κ2) is 16.3. The van der Waals surface area contributed by atoms with E-state index in [4.69, 9.17) is 13.8 Å². The minimum absolute atomic E-state index is 0.00832. The summed E-state index contributed by atoms with van der Waals surface area (Å²) in [5.41, 5.74) is 14.8. The van der Waals surface area contributed by atoms with E-state index in [2.05, 4.69) is 198 Å². The first-order valence-electron chi connectivity index (χ1n) is 25.0. The van der Waals surface area contributed by atoms with Crippen LogP contribution in [0.5, 0.6) is 11.5 Å². The molecule has 0 saturated carbocycles. The molecule has 5 heteroatoms. The third-order valence-electron chi connectivity index (χ3n) is 13.4. The van der Waals surface area contributed by atoms with Gasteiger partial charge in [-0.2, -0.15) is 0 Å². The maximum absolute atomic E-state index is 8.66. The minimum atomic E-state index is -2.32. The van der Waals surface area contributed by atoms with Gasteiger partial charge in [0.1, 0.15) is 24.0 Å². The standard InChI is InChI=1S/C62H62N4O/c1-40-31-47(62(9,10)11)32-41(2)59(40)44-29-30-63-58(34-44)66-54-27-23-43(42-17-13-12-14-18-42)33-53(54)52-26-25-51(38-56(52)66)67-50-22-16-21-49(37-50)64-39-65(48-20-15-19-45(35-48)60(3,4)5)57-36-46(61(6,7)8)24-28-55(57)64/h12-38H,39H2,1-11H3/i1D3. The van der Waals surface area contributed by atoms with Crippen LogP contribution in [0.15, 0.2) is 164 Å².